The molecule has 0 bridgehead atoms. The molecule has 10 nitrogen and oxygen atoms in total. The molecule has 0 spiro atoms. The number of aromatic nitrogens is 3. The number of nitrogens with zero attached hydrogens (tertiary/aromatic N) is 4. The number of Topliss-reactive ketones (excluding diaryl/α,β-unsaturated/α-hetero) is 1. The zero-order valence-corrected chi connectivity index (χ0v) is 25.8. The summed E-state index contributed by atoms with van der Waals surface area (Å²) in [6, 6.07) is 11.1. The van der Waals surface area contributed by atoms with Crippen LogP contribution in [0, 0.1) is 12.8 Å². The fourth-order valence-electron chi connectivity index (χ4n) is 5.71. The standard InChI is InChI=1S/C33H42N6O4/c1-21-29(35-19-26(32(41)43-33(2,3)4)28(40)23-8-11-25(42-5)12-9-23)36-20-37-31(21)39-17-14-22(15-18-39)27-13-10-24-7-6-16-34-30(24)38-27/h8-13,20,22,26H,6-7,14-19H2,1-5H3,(H,34,38)(H,35,36,37). The van der Waals surface area contributed by atoms with Gasteiger partial charge in [0, 0.05) is 48.9 Å². The Morgan fingerprint density at radius 1 is 1.09 bits per heavy atom. The van der Waals surface area contributed by atoms with Crippen molar-refractivity contribution < 1.29 is 19.1 Å². The molecule has 2 aromatic heterocycles. The van der Waals surface area contributed by atoms with Gasteiger partial charge < -0.3 is 25.0 Å². The van der Waals surface area contributed by atoms with Crippen LogP contribution in [-0.2, 0) is 16.0 Å². The molecule has 10 heteroatoms. The van der Waals surface area contributed by atoms with Gasteiger partial charge in [-0.3, -0.25) is 9.59 Å². The maximum atomic E-state index is 13.5. The predicted octanol–water partition coefficient (Wildman–Crippen LogP) is 5.18. The van der Waals surface area contributed by atoms with Crippen molar-refractivity contribution in [3.8, 4) is 5.75 Å². The van der Waals surface area contributed by atoms with Crippen LogP contribution in [0.2, 0.25) is 0 Å². The summed E-state index contributed by atoms with van der Waals surface area (Å²) in [5.74, 6) is 1.56. The van der Waals surface area contributed by atoms with Crippen molar-refractivity contribution >= 4 is 29.2 Å². The fourth-order valence-corrected chi connectivity index (χ4v) is 5.71. The molecule has 4 heterocycles. The molecule has 0 saturated carbocycles. The first kappa shape index (κ1) is 30.3. The van der Waals surface area contributed by atoms with Crippen molar-refractivity contribution in [2.24, 2.45) is 5.92 Å². The van der Waals surface area contributed by atoms with Gasteiger partial charge in [0.15, 0.2) is 5.78 Å². The first-order chi connectivity index (χ1) is 20.6. The monoisotopic (exact) mass is 586 g/mol. The second-order valence-electron chi connectivity index (χ2n) is 12.3. The number of fused-ring (bicyclic) bond motifs is 1. The highest BCUT2D eigenvalue weighted by Crippen LogP contribution is 2.33. The summed E-state index contributed by atoms with van der Waals surface area (Å²) >= 11 is 0. The number of ether oxygens (including phenoxy) is 2. The Bertz CT molecular complexity index is 1440. The number of nitrogens with one attached hydrogen (secondary N) is 2. The quantitative estimate of drug-likeness (QED) is 0.197. The first-order valence-electron chi connectivity index (χ1n) is 15.1. The van der Waals surface area contributed by atoms with Gasteiger partial charge in [-0.2, -0.15) is 0 Å². The molecule has 1 unspecified atom stereocenters. The molecule has 1 fully saturated rings. The summed E-state index contributed by atoms with van der Waals surface area (Å²) in [6.07, 6.45) is 5.74. The van der Waals surface area contributed by atoms with Gasteiger partial charge >= 0.3 is 5.97 Å². The third-order valence-electron chi connectivity index (χ3n) is 8.04. The van der Waals surface area contributed by atoms with E-state index in [0.29, 0.717) is 23.0 Å². The minimum Gasteiger partial charge on any atom is -0.497 e. The van der Waals surface area contributed by atoms with Crippen molar-refractivity contribution in [2.75, 3.05) is 48.8 Å². The lowest BCUT2D eigenvalue weighted by Gasteiger charge is -2.34. The minimum atomic E-state index is -1.06. The SMILES string of the molecule is COc1ccc(C(=O)C(CNc2ncnc(N3CCC(c4ccc5c(n4)NCCC5)CC3)c2C)C(=O)OC(C)(C)C)cc1. The van der Waals surface area contributed by atoms with Gasteiger partial charge in [0.05, 0.1) is 7.11 Å². The summed E-state index contributed by atoms with van der Waals surface area (Å²) < 4.78 is 10.8. The number of rotatable bonds is 9. The van der Waals surface area contributed by atoms with Gasteiger partial charge in [-0.05, 0) is 89.3 Å². The maximum absolute atomic E-state index is 13.5. The normalized spacial score (nSPS) is 16.1. The van der Waals surface area contributed by atoms with E-state index in [1.54, 1.807) is 52.1 Å². The van der Waals surface area contributed by atoms with E-state index in [9.17, 15) is 9.59 Å². The maximum Gasteiger partial charge on any atom is 0.319 e. The van der Waals surface area contributed by atoms with Gasteiger partial charge in [-0.1, -0.05) is 6.07 Å². The van der Waals surface area contributed by atoms with Crippen LogP contribution in [0.25, 0.3) is 0 Å². The lowest BCUT2D eigenvalue weighted by molar-refractivity contribution is -0.157. The van der Waals surface area contributed by atoms with Gasteiger partial charge in [0.1, 0.15) is 41.0 Å². The number of aryl methyl sites for hydroxylation is 1. The highest BCUT2D eigenvalue weighted by atomic mass is 16.6. The van der Waals surface area contributed by atoms with Crippen LogP contribution in [-0.4, -0.2) is 65.6 Å². The van der Waals surface area contributed by atoms with E-state index in [1.807, 2.05) is 6.92 Å². The third kappa shape index (κ3) is 7.24. The fraction of sp³-hybridized carbons (Fsp3) is 0.485. The number of carbonyl (C=O) groups excluding carboxylic acids is 2. The van der Waals surface area contributed by atoms with Crippen LogP contribution in [0.1, 0.15) is 73.1 Å². The average molecular weight is 587 g/mol. The highest BCUT2D eigenvalue weighted by molar-refractivity contribution is 6.09. The molecule has 43 heavy (non-hydrogen) atoms. The van der Waals surface area contributed by atoms with E-state index >= 15 is 0 Å². The zero-order chi connectivity index (χ0) is 30.6. The summed E-state index contributed by atoms with van der Waals surface area (Å²) in [5, 5.41) is 6.70. The molecular formula is C33H42N6O4. The van der Waals surface area contributed by atoms with E-state index in [0.717, 1.165) is 68.2 Å². The predicted molar refractivity (Wildman–Crippen MR) is 167 cm³/mol. The average Bonchev–Trinajstić information content (AvgIpc) is 3.01. The highest BCUT2D eigenvalue weighted by Gasteiger charge is 2.33. The van der Waals surface area contributed by atoms with Crippen molar-refractivity contribution in [1.82, 2.24) is 15.0 Å². The van der Waals surface area contributed by atoms with Crippen LogP contribution < -0.4 is 20.3 Å². The smallest absolute Gasteiger partial charge is 0.319 e. The second kappa shape index (κ2) is 13.0. The lowest BCUT2D eigenvalue weighted by atomic mass is 9.92. The minimum absolute atomic E-state index is 0.0389. The van der Waals surface area contributed by atoms with Crippen LogP contribution >= 0.6 is 0 Å². The van der Waals surface area contributed by atoms with Gasteiger partial charge in [0.2, 0.25) is 0 Å². The van der Waals surface area contributed by atoms with Gasteiger partial charge in [-0.25, -0.2) is 15.0 Å². The Balaban J connectivity index is 1.27. The number of benzene rings is 1. The van der Waals surface area contributed by atoms with Crippen LogP contribution in [0.5, 0.6) is 5.75 Å². The molecule has 0 amide bonds. The molecule has 2 aliphatic heterocycles. The molecule has 2 aliphatic rings. The molecule has 1 saturated heterocycles. The van der Waals surface area contributed by atoms with Crippen LogP contribution in [0.4, 0.5) is 17.5 Å². The Hall–Kier alpha value is -4.21. The van der Waals surface area contributed by atoms with E-state index in [2.05, 4.69) is 37.6 Å². The Kier molecular flexibility index (Phi) is 9.13. The van der Waals surface area contributed by atoms with Crippen molar-refractivity contribution in [3.05, 3.63) is 65.1 Å². The molecular weight excluding hydrogens is 544 g/mol. The van der Waals surface area contributed by atoms with Gasteiger partial charge in [-0.15, -0.1) is 0 Å². The lowest BCUT2D eigenvalue weighted by Crippen LogP contribution is -2.37. The molecule has 3 aromatic rings. The van der Waals surface area contributed by atoms with E-state index in [1.165, 1.54) is 11.9 Å². The Labute approximate surface area is 253 Å². The molecule has 2 N–H and O–H groups in total. The van der Waals surface area contributed by atoms with E-state index < -0.39 is 17.5 Å². The summed E-state index contributed by atoms with van der Waals surface area (Å²) in [7, 11) is 1.56. The zero-order valence-electron chi connectivity index (χ0n) is 25.8. The second-order valence-corrected chi connectivity index (χ2v) is 12.3. The van der Waals surface area contributed by atoms with E-state index in [4.69, 9.17) is 14.5 Å². The third-order valence-corrected chi connectivity index (χ3v) is 8.04. The molecule has 0 aliphatic carbocycles. The number of carbonyl (C=O) groups is 2. The van der Waals surface area contributed by atoms with Crippen molar-refractivity contribution in [2.45, 2.75) is 64.9 Å². The molecule has 228 valence electrons. The number of piperidine rings is 1. The number of ketones is 1. The van der Waals surface area contributed by atoms with Crippen molar-refractivity contribution in [3.63, 3.8) is 0 Å². The summed E-state index contributed by atoms with van der Waals surface area (Å²) in [4.78, 5) is 43.0. The largest absolute Gasteiger partial charge is 0.497 e. The van der Waals surface area contributed by atoms with E-state index in [-0.39, 0.29) is 12.3 Å². The molecule has 1 atom stereocenters. The van der Waals surface area contributed by atoms with Crippen LogP contribution in [0.3, 0.4) is 0 Å². The van der Waals surface area contributed by atoms with Crippen molar-refractivity contribution in [1.29, 1.82) is 0 Å². The Morgan fingerprint density at radius 2 is 1.84 bits per heavy atom. The molecule has 5 rings (SSSR count). The van der Waals surface area contributed by atoms with Gasteiger partial charge in [0.25, 0.3) is 0 Å². The Morgan fingerprint density at radius 3 is 2.53 bits per heavy atom. The summed E-state index contributed by atoms with van der Waals surface area (Å²) in [5.41, 5.74) is 3.01. The number of hydrogen-bond donors (Lipinski definition) is 2. The first-order valence-corrected chi connectivity index (χ1v) is 15.1. The number of hydrogen-bond acceptors (Lipinski definition) is 10. The van der Waals surface area contributed by atoms with Crippen LogP contribution in [0.15, 0.2) is 42.7 Å². The topological polar surface area (TPSA) is 119 Å². The number of esters is 1. The number of pyridine rings is 1. The molecule has 0 radical (unpaired) electrons. The summed E-state index contributed by atoms with van der Waals surface area (Å²) in [6.45, 7) is 10.1. The number of anilines is 3. The molecule has 1 aromatic carbocycles. The number of methoxy groups -OCH3 is 1.